The number of methoxy groups -OCH3 is 1. The van der Waals surface area contributed by atoms with E-state index in [-0.39, 0.29) is 5.91 Å². The van der Waals surface area contributed by atoms with Crippen LogP contribution in [0.2, 0.25) is 5.02 Å². The van der Waals surface area contributed by atoms with Crippen molar-refractivity contribution in [2.75, 3.05) is 19.1 Å². The average Bonchev–Trinajstić information content (AvgIpc) is 2.43. The highest BCUT2D eigenvalue weighted by molar-refractivity contribution is 7.98. The predicted molar refractivity (Wildman–Crippen MR) is 77.7 cm³/mol. The molecule has 0 unspecified atom stereocenters. The van der Waals surface area contributed by atoms with Crippen LogP contribution in [0.15, 0.2) is 24.3 Å². The van der Waals surface area contributed by atoms with Gasteiger partial charge in [-0.2, -0.15) is 11.8 Å². The van der Waals surface area contributed by atoms with Crippen LogP contribution in [0.25, 0.3) is 0 Å². The summed E-state index contributed by atoms with van der Waals surface area (Å²) in [5.41, 5.74) is 0.461. The normalized spacial score (nSPS) is 11.7. The van der Waals surface area contributed by atoms with Crippen LogP contribution in [-0.4, -0.2) is 37.0 Å². The maximum Gasteiger partial charge on any atom is 0.328 e. The molecule has 6 heteroatoms. The molecule has 0 bridgehead atoms. The number of ether oxygens (including phenoxy) is 1. The van der Waals surface area contributed by atoms with Crippen molar-refractivity contribution in [3.63, 3.8) is 0 Å². The minimum absolute atomic E-state index is 0.312. The Morgan fingerprint density at radius 3 is 2.53 bits per heavy atom. The summed E-state index contributed by atoms with van der Waals surface area (Å²) in [7, 11) is 1.31. The van der Waals surface area contributed by atoms with Crippen molar-refractivity contribution in [3.05, 3.63) is 34.9 Å². The van der Waals surface area contributed by atoms with Crippen LogP contribution in [0, 0.1) is 0 Å². The first kappa shape index (κ1) is 15.9. The third-order valence-corrected chi connectivity index (χ3v) is 3.40. The van der Waals surface area contributed by atoms with Gasteiger partial charge in [-0.3, -0.25) is 4.79 Å². The van der Waals surface area contributed by atoms with E-state index in [2.05, 4.69) is 10.1 Å². The van der Waals surface area contributed by atoms with Crippen molar-refractivity contribution in [1.82, 2.24) is 5.32 Å². The molecule has 0 aliphatic heterocycles. The van der Waals surface area contributed by atoms with Crippen molar-refractivity contribution in [3.8, 4) is 0 Å². The predicted octanol–water partition coefficient (Wildman–Crippen LogP) is 2.36. The van der Waals surface area contributed by atoms with Gasteiger partial charge in [0.2, 0.25) is 0 Å². The quantitative estimate of drug-likeness (QED) is 0.820. The molecule has 0 spiro atoms. The van der Waals surface area contributed by atoms with Gasteiger partial charge in [-0.25, -0.2) is 4.79 Å². The van der Waals surface area contributed by atoms with Crippen LogP contribution >= 0.6 is 23.4 Å². The molecule has 0 fully saturated rings. The number of rotatable bonds is 6. The van der Waals surface area contributed by atoms with Gasteiger partial charge >= 0.3 is 5.97 Å². The Balaban J connectivity index is 2.69. The van der Waals surface area contributed by atoms with E-state index < -0.39 is 12.0 Å². The Labute approximate surface area is 121 Å². The number of amides is 1. The number of hydrogen-bond acceptors (Lipinski definition) is 4. The van der Waals surface area contributed by atoms with Gasteiger partial charge in [0.15, 0.2) is 0 Å². The topological polar surface area (TPSA) is 55.4 Å². The molecule has 0 aliphatic carbocycles. The Morgan fingerprint density at radius 1 is 1.37 bits per heavy atom. The summed E-state index contributed by atoms with van der Waals surface area (Å²) in [6, 6.07) is 5.86. The molecule has 0 heterocycles. The SMILES string of the molecule is COC(=O)[C@H](CCSC)NC(=O)c1ccc(Cl)cc1. The standard InChI is InChI=1S/C13H16ClNO3S/c1-18-13(17)11(7-8-19-2)15-12(16)9-3-5-10(14)6-4-9/h3-6,11H,7-8H2,1-2H3,(H,15,16)/t11-/m0/s1. The molecule has 0 saturated carbocycles. The number of halogens is 1. The highest BCUT2D eigenvalue weighted by Crippen LogP contribution is 2.10. The zero-order chi connectivity index (χ0) is 14.3. The van der Waals surface area contributed by atoms with Crippen LogP contribution in [0.3, 0.4) is 0 Å². The first-order valence-electron chi connectivity index (χ1n) is 5.71. The van der Waals surface area contributed by atoms with Gasteiger partial charge in [0, 0.05) is 10.6 Å². The smallest absolute Gasteiger partial charge is 0.328 e. The van der Waals surface area contributed by atoms with Crippen LogP contribution in [0.5, 0.6) is 0 Å². The molecular weight excluding hydrogens is 286 g/mol. The van der Waals surface area contributed by atoms with E-state index in [1.807, 2.05) is 6.26 Å². The number of nitrogens with one attached hydrogen (secondary N) is 1. The molecule has 0 radical (unpaired) electrons. The van der Waals surface area contributed by atoms with E-state index >= 15 is 0 Å². The Kier molecular flexibility index (Phi) is 6.73. The largest absolute Gasteiger partial charge is 0.467 e. The summed E-state index contributed by atoms with van der Waals surface area (Å²) in [5.74, 6) is 0.0187. The Morgan fingerprint density at radius 2 is 2.00 bits per heavy atom. The van der Waals surface area contributed by atoms with E-state index in [4.69, 9.17) is 11.6 Å². The van der Waals surface area contributed by atoms with Gasteiger partial charge in [-0.1, -0.05) is 11.6 Å². The summed E-state index contributed by atoms with van der Waals surface area (Å²) in [6.45, 7) is 0. The van der Waals surface area contributed by atoms with E-state index in [9.17, 15) is 9.59 Å². The molecule has 1 atom stereocenters. The van der Waals surface area contributed by atoms with Crippen molar-refractivity contribution in [1.29, 1.82) is 0 Å². The van der Waals surface area contributed by atoms with Crippen LogP contribution in [0.1, 0.15) is 16.8 Å². The molecule has 1 aromatic rings. The Bertz CT molecular complexity index is 436. The van der Waals surface area contributed by atoms with Gasteiger partial charge in [0.25, 0.3) is 5.91 Å². The number of thioether (sulfide) groups is 1. The molecule has 1 rings (SSSR count). The van der Waals surface area contributed by atoms with Crippen LogP contribution in [-0.2, 0) is 9.53 Å². The fraction of sp³-hybridized carbons (Fsp3) is 0.385. The molecule has 19 heavy (non-hydrogen) atoms. The summed E-state index contributed by atoms with van der Waals surface area (Å²) in [6.07, 6.45) is 2.47. The molecular formula is C13H16ClNO3S. The van der Waals surface area contributed by atoms with E-state index in [0.717, 1.165) is 5.75 Å². The van der Waals surface area contributed by atoms with Gasteiger partial charge in [-0.05, 0) is 42.7 Å². The summed E-state index contributed by atoms with van der Waals surface area (Å²) in [5, 5.41) is 3.23. The maximum atomic E-state index is 12.0. The fourth-order valence-corrected chi connectivity index (χ4v) is 2.07. The molecule has 0 aliphatic rings. The molecule has 1 N–H and O–H groups in total. The monoisotopic (exact) mass is 301 g/mol. The lowest BCUT2D eigenvalue weighted by molar-refractivity contribution is -0.142. The van der Waals surface area contributed by atoms with Crippen molar-refractivity contribution in [2.45, 2.75) is 12.5 Å². The maximum absolute atomic E-state index is 12.0. The number of esters is 1. The highest BCUT2D eigenvalue weighted by atomic mass is 35.5. The van der Waals surface area contributed by atoms with Crippen molar-refractivity contribution < 1.29 is 14.3 Å². The minimum Gasteiger partial charge on any atom is -0.467 e. The first-order valence-corrected chi connectivity index (χ1v) is 7.49. The van der Waals surface area contributed by atoms with Gasteiger partial charge < -0.3 is 10.1 Å². The van der Waals surface area contributed by atoms with E-state index in [1.54, 1.807) is 36.0 Å². The minimum atomic E-state index is -0.624. The van der Waals surface area contributed by atoms with E-state index in [0.29, 0.717) is 17.0 Å². The molecule has 0 aromatic heterocycles. The van der Waals surface area contributed by atoms with Gasteiger partial charge in [0.1, 0.15) is 6.04 Å². The lowest BCUT2D eigenvalue weighted by Crippen LogP contribution is -2.41. The number of hydrogen-bond donors (Lipinski definition) is 1. The third kappa shape index (κ3) is 5.12. The fourth-order valence-electron chi connectivity index (χ4n) is 1.47. The summed E-state index contributed by atoms with van der Waals surface area (Å²) in [4.78, 5) is 23.6. The number of carbonyl (C=O) groups is 2. The molecule has 1 aromatic carbocycles. The molecule has 0 saturated heterocycles. The average molecular weight is 302 g/mol. The van der Waals surface area contributed by atoms with Crippen LogP contribution < -0.4 is 5.32 Å². The lowest BCUT2D eigenvalue weighted by Gasteiger charge is -2.16. The van der Waals surface area contributed by atoms with Crippen LogP contribution in [0.4, 0.5) is 0 Å². The Hall–Kier alpha value is -1.20. The third-order valence-electron chi connectivity index (χ3n) is 2.51. The summed E-state index contributed by atoms with van der Waals surface area (Å²) < 4.78 is 4.68. The number of carbonyl (C=O) groups excluding carboxylic acids is 2. The van der Waals surface area contributed by atoms with E-state index in [1.165, 1.54) is 7.11 Å². The second-order valence-corrected chi connectivity index (χ2v) is 5.26. The number of benzene rings is 1. The second kappa shape index (κ2) is 8.07. The second-order valence-electron chi connectivity index (χ2n) is 3.84. The summed E-state index contributed by atoms with van der Waals surface area (Å²) >= 11 is 7.36. The molecule has 4 nitrogen and oxygen atoms in total. The zero-order valence-electron chi connectivity index (χ0n) is 10.8. The first-order chi connectivity index (χ1) is 9.08. The van der Waals surface area contributed by atoms with Crippen molar-refractivity contribution in [2.24, 2.45) is 0 Å². The van der Waals surface area contributed by atoms with Crippen molar-refractivity contribution >= 4 is 35.2 Å². The highest BCUT2D eigenvalue weighted by Gasteiger charge is 2.21. The molecule has 1 amide bonds. The van der Waals surface area contributed by atoms with Gasteiger partial charge in [-0.15, -0.1) is 0 Å². The molecule has 104 valence electrons. The van der Waals surface area contributed by atoms with Gasteiger partial charge in [0.05, 0.1) is 7.11 Å². The lowest BCUT2D eigenvalue weighted by atomic mass is 10.1. The zero-order valence-corrected chi connectivity index (χ0v) is 12.4.